The molecular weight excluding hydrogens is 412 g/mol. The van der Waals surface area contributed by atoms with E-state index in [-0.39, 0.29) is 6.61 Å². The first kappa shape index (κ1) is 26.5. The fourth-order valence-electron chi connectivity index (χ4n) is 5.45. The zero-order valence-corrected chi connectivity index (χ0v) is 22.1. The van der Waals surface area contributed by atoms with Gasteiger partial charge in [-0.1, -0.05) is 107 Å². The van der Waals surface area contributed by atoms with Crippen LogP contribution in [0.3, 0.4) is 0 Å². The van der Waals surface area contributed by atoms with E-state index in [1.807, 2.05) is 0 Å². The van der Waals surface area contributed by atoms with Crippen LogP contribution in [-0.4, -0.2) is 11.7 Å². The molecule has 0 amide bonds. The van der Waals surface area contributed by atoms with Crippen LogP contribution >= 0.6 is 0 Å². The van der Waals surface area contributed by atoms with Gasteiger partial charge in [-0.2, -0.15) is 0 Å². The first-order chi connectivity index (χ1) is 16.6. The normalized spacial score (nSPS) is 14.9. The third kappa shape index (κ3) is 6.95. The van der Waals surface area contributed by atoms with Crippen molar-refractivity contribution in [3.8, 4) is 11.1 Å². The van der Waals surface area contributed by atoms with Crippen molar-refractivity contribution in [2.75, 3.05) is 6.61 Å². The maximum atomic E-state index is 9.18. The number of allylic oxidation sites excluding steroid dienone is 4. The number of aliphatic hydroxyl groups excluding tert-OH is 1. The molecule has 1 atom stereocenters. The van der Waals surface area contributed by atoms with Gasteiger partial charge in [0.05, 0.1) is 0 Å². The first-order valence-corrected chi connectivity index (χ1v) is 13.9. The van der Waals surface area contributed by atoms with Crippen molar-refractivity contribution in [3.63, 3.8) is 0 Å². The minimum atomic E-state index is 0.287. The summed E-state index contributed by atoms with van der Waals surface area (Å²) >= 11 is 0. The summed E-state index contributed by atoms with van der Waals surface area (Å²) in [5.74, 6) is 0.811. The van der Waals surface area contributed by atoms with E-state index in [9.17, 15) is 5.11 Å². The van der Waals surface area contributed by atoms with Gasteiger partial charge in [-0.15, -0.1) is 0 Å². The molecule has 1 aliphatic carbocycles. The quantitative estimate of drug-likeness (QED) is 0.317. The summed E-state index contributed by atoms with van der Waals surface area (Å²) in [6.45, 7) is 9.46. The highest BCUT2D eigenvalue weighted by molar-refractivity contribution is 5.77. The smallest absolute Gasteiger partial charge is 0.0434 e. The highest BCUT2D eigenvalue weighted by Crippen LogP contribution is 2.36. The van der Waals surface area contributed by atoms with E-state index < -0.39 is 0 Å². The largest absolute Gasteiger partial charge is 0.396 e. The Morgan fingerprint density at radius 2 is 1.62 bits per heavy atom. The third-order valence-electron chi connectivity index (χ3n) is 7.67. The van der Waals surface area contributed by atoms with Crippen LogP contribution in [-0.2, 0) is 12.8 Å². The average molecular weight is 459 g/mol. The van der Waals surface area contributed by atoms with Gasteiger partial charge in [0.15, 0.2) is 0 Å². The van der Waals surface area contributed by atoms with Gasteiger partial charge in [-0.3, -0.25) is 0 Å². The molecule has 0 bridgehead atoms. The summed E-state index contributed by atoms with van der Waals surface area (Å²) in [5, 5.41) is 9.18. The molecule has 1 N–H and O–H groups in total. The molecule has 1 nitrogen and oxygen atoms in total. The topological polar surface area (TPSA) is 20.2 Å². The Morgan fingerprint density at radius 1 is 0.853 bits per heavy atom. The molecule has 2 aromatic rings. The van der Waals surface area contributed by atoms with Gasteiger partial charge in [-0.25, -0.2) is 0 Å². The highest BCUT2D eigenvalue weighted by Gasteiger charge is 2.16. The maximum Gasteiger partial charge on any atom is 0.0434 e. The Labute approximate surface area is 209 Å². The number of hydrogen-bond acceptors (Lipinski definition) is 1. The minimum absolute atomic E-state index is 0.287. The van der Waals surface area contributed by atoms with E-state index in [0.717, 1.165) is 44.4 Å². The summed E-state index contributed by atoms with van der Waals surface area (Å²) in [6, 6.07) is 16.5. The monoisotopic (exact) mass is 458 g/mol. The van der Waals surface area contributed by atoms with Gasteiger partial charge in [-0.05, 0) is 89.8 Å². The lowest BCUT2D eigenvalue weighted by Gasteiger charge is -2.21. The van der Waals surface area contributed by atoms with Crippen molar-refractivity contribution >= 4 is 5.57 Å². The van der Waals surface area contributed by atoms with Gasteiger partial charge in [0.2, 0.25) is 0 Å². The number of aliphatic hydroxyl groups is 1. The van der Waals surface area contributed by atoms with Crippen LogP contribution in [0.25, 0.3) is 16.7 Å². The lowest BCUT2D eigenvalue weighted by atomic mass is 9.84. The van der Waals surface area contributed by atoms with Crippen LogP contribution in [0.5, 0.6) is 0 Å². The Morgan fingerprint density at radius 3 is 2.26 bits per heavy atom. The van der Waals surface area contributed by atoms with E-state index in [4.69, 9.17) is 0 Å². The summed E-state index contributed by atoms with van der Waals surface area (Å²) in [5.41, 5.74) is 11.5. The molecule has 0 spiro atoms. The SMILES string of the molecule is CCCCC(CC)Cc1ccc(-c2ccc(C3=C(CC)C=C(CCCO)CC3)cc2CC)cc1. The van der Waals surface area contributed by atoms with Crippen molar-refractivity contribution < 1.29 is 5.11 Å². The molecule has 0 saturated heterocycles. The van der Waals surface area contributed by atoms with E-state index in [2.05, 4.69) is 76.2 Å². The molecule has 1 heteroatoms. The maximum absolute atomic E-state index is 9.18. The molecule has 0 aromatic heterocycles. The van der Waals surface area contributed by atoms with E-state index in [1.165, 1.54) is 76.6 Å². The molecule has 184 valence electrons. The third-order valence-corrected chi connectivity index (χ3v) is 7.67. The Balaban J connectivity index is 1.81. The van der Waals surface area contributed by atoms with E-state index in [1.54, 1.807) is 0 Å². The summed E-state index contributed by atoms with van der Waals surface area (Å²) in [6.07, 6.45) is 15.2. The van der Waals surface area contributed by atoms with Crippen LogP contribution in [0.15, 0.2) is 59.7 Å². The fourth-order valence-corrected chi connectivity index (χ4v) is 5.45. The van der Waals surface area contributed by atoms with Crippen molar-refractivity contribution in [1.82, 2.24) is 0 Å². The fraction of sp³-hybridized carbons (Fsp3) is 0.515. The standard InChI is InChI=1S/C33H46O/c1-5-9-11-25(6-2)22-27-13-16-30(17-14-27)32-20-18-31(24-29(32)8-4)33-19-15-26(12-10-21-34)23-28(33)7-3/h13-14,16-18,20,23-25,34H,5-12,15,19,21-22H2,1-4H3. The second-order valence-electron chi connectivity index (χ2n) is 10.0. The lowest BCUT2D eigenvalue weighted by molar-refractivity contribution is 0.288. The molecule has 0 saturated carbocycles. The van der Waals surface area contributed by atoms with Crippen molar-refractivity contribution in [3.05, 3.63) is 76.4 Å². The summed E-state index contributed by atoms with van der Waals surface area (Å²) in [7, 11) is 0. The van der Waals surface area contributed by atoms with Crippen molar-refractivity contribution in [1.29, 1.82) is 0 Å². The molecule has 2 aromatic carbocycles. The Hall–Kier alpha value is -2.12. The average Bonchev–Trinajstić information content (AvgIpc) is 2.89. The van der Waals surface area contributed by atoms with E-state index >= 15 is 0 Å². The van der Waals surface area contributed by atoms with Crippen LogP contribution in [0.2, 0.25) is 0 Å². The van der Waals surface area contributed by atoms with Gasteiger partial charge >= 0.3 is 0 Å². The lowest BCUT2D eigenvalue weighted by Crippen LogP contribution is -2.03. The highest BCUT2D eigenvalue weighted by atomic mass is 16.2. The molecule has 0 fully saturated rings. The number of hydrogen-bond donors (Lipinski definition) is 1. The molecule has 1 aliphatic rings. The summed E-state index contributed by atoms with van der Waals surface area (Å²) < 4.78 is 0. The van der Waals surface area contributed by atoms with Crippen molar-refractivity contribution in [2.24, 2.45) is 5.92 Å². The van der Waals surface area contributed by atoms with E-state index in [0.29, 0.717) is 0 Å². The number of unbranched alkanes of at least 4 members (excludes halogenated alkanes) is 1. The Kier molecular flexibility index (Phi) is 10.7. The van der Waals surface area contributed by atoms with Crippen LogP contribution < -0.4 is 0 Å². The predicted molar refractivity (Wildman–Crippen MR) is 149 cm³/mol. The van der Waals surface area contributed by atoms with Gasteiger partial charge in [0.25, 0.3) is 0 Å². The van der Waals surface area contributed by atoms with Gasteiger partial charge in [0.1, 0.15) is 0 Å². The molecule has 0 aliphatic heterocycles. The zero-order chi connectivity index (χ0) is 24.3. The molecule has 34 heavy (non-hydrogen) atoms. The van der Waals surface area contributed by atoms with Crippen LogP contribution in [0.4, 0.5) is 0 Å². The zero-order valence-electron chi connectivity index (χ0n) is 22.1. The second-order valence-corrected chi connectivity index (χ2v) is 10.0. The minimum Gasteiger partial charge on any atom is -0.396 e. The molecule has 0 heterocycles. The molecular formula is C33H46O. The van der Waals surface area contributed by atoms with Gasteiger partial charge in [0, 0.05) is 6.61 Å². The molecule has 1 unspecified atom stereocenters. The molecule has 3 rings (SSSR count). The second kappa shape index (κ2) is 13.7. The predicted octanol–water partition coefficient (Wildman–Crippen LogP) is 9.33. The first-order valence-electron chi connectivity index (χ1n) is 13.9. The van der Waals surface area contributed by atoms with Gasteiger partial charge < -0.3 is 5.11 Å². The summed E-state index contributed by atoms with van der Waals surface area (Å²) in [4.78, 5) is 0. The number of benzene rings is 2. The van der Waals surface area contributed by atoms with Crippen LogP contribution in [0.1, 0.15) is 102 Å². The number of rotatable bonds is 13. The Bertz CT molecular complexity index is 961. The molecule has 0 radical (unpaired) electrons. The number of aryl methyl sites for hydroxylation is 1. The van der Waals surface area contributed by atoms with Crippen LogP contribution in [0, 0.1) is 5.92 Å². The van der Waals surface area contributed by atoms with Crippen molar-refractivity contribution in [2.45, 2.75) is 98.3 Å².